The first kappa shape index (κ1) is 12.9. The third kappa shape index (κ3) is 4.26. The van der Waals surface area contributed by atoms with E-state index in [9.17, 15) is 5.11 Å². The summed E-state index contributed by atoms with van der Waals surface area (Å²) in [6.45, 7) is 2.21. The monoisotopic (exact) mass is 198 g/mol. The molecule has 0 amide bonds. The van der Waals surface area contributed by atoms with Gasteiger partial charge >= 0.3 is 0 Å². The van der Waals surface area contributed by atoms with Crippen LogP contribution < -0.4 is 0 Å². The second-order valence-electron chi connectivity index (χ2n) is 3.44. The lowest BCUT2D eigenvalue weighted by Crippen LogP contribution is -1.86. The minimum Gasteiger partial charge on any atom is -0.508 e. The molecule has 1 aromatic carbocycles. The molecule has 0 fully saturated rings. The summed E-state index contributed by atoms with van der Waals surface area (Å²) in [6, 6.07) is 7.61. The second-order valence-corrected chi connectivity index (χ2v) is 3.44. The minimum atomic E-state index is 0. The Hall–Kier alpha value is -1.05. The number of aromatic hydroxyl groups is 1. The summed E-state index contributed by atoms with van der Waals surface area (Å²) < 4.78 is 0. The molecule has 1 rings (SSSR count). The summed E-state index contributed by atoms with van der Waals surface area (Å²) in [5.74, 6) is 0.444. The van der Waals surface area contributed by atoms with Crippen molar-refractivity contribution < 1.29 is 9.81 Å². The van der Waals surface area contributed by atoms with Gasteiger partial charge in [-0.05, 0) is 24.5 Å². The standard InChI is InChI=1S/C12H18O.FH/c1-2-3-4-5-8-11-9-6-7-10-12(11)13;/h6-7,9-10,13H,2-5,8H2,1H3;1H. The van der Waals surface area contributed by atoms with Crippen molar-refractivity contribution in [2.24, 2.45) is 0 Å². The second kappa shape index (κ2) is 7.36. The van der Waals surface area contributed by atoms with Crippen LogP contribution in [0.3, 0.4) is 0 Å². The molecular formula is C12H19FO. The maximum absolute atomic E-state index is 9.47. The fourth-order valence-corrected chi connectivity index (χ4v) is 1.46. The molecule has 1 N–H and O–H groups in total. The Balaban J connectivity index is 0.00000169. The Morgan fingerprint density at radius 2 is 1.79 bits per heavy atom. The molecule has 0 unspecified atom stereocenters. The number of aryl methyl sites for hydroxylation is 1. The van der Waals surface area contributed by atoms with Crippen LogP contribution in [0.5, 0.6) is 5.75 Å². The van der Waals surface area contributed by atoms with E-state index in [4.69, 9.17) is 0 Å². The zero-order chi connectivity index (χ0) is 9.52. The van der Waals surface area contributed by atoms with Crippen molar-refractivity contribution in [3.63, 3.8) is 0 Å². The maximum Gasteiger partial charge on any atom is 0.118 e. The van der Waals surface area contributed by atoms with Crippen LogP contribution >= 0.6 is 0 Å². The van der Waals surface area contributed by atoms with Gasteiger partial charge in [-0.3, -0.25) is 4.70 Å². The molecule has 1 nitrogen and oxygen atoms in total. The highest BCUT2D eigenvalue weighted by molar-refractivity contribution is 5.31. The van der Waals surface area contributed by atoms with Crippen molar-refractivity contribution in [2.45, 2.75) is 39.0 Å². The molecule has 0 atom stereocenters. The quantitative estimate of drug-likeness (QED) is 0.716. The van der Waals surface area contributed by atoms with Crippen LogP contribution in [0.25, 0.3) is 0 Å². The number of halogens is 1. The van der Waals surface area contributed by atoms with E-state index < -0.39 is 0 Å². The van der Waals surface area contributed by atoms with Gasteiger partial charge in [-0.15, -0.1) is 0 Å². The molecule has 1 aromatic rings. The highest BCUT2D eigenvalue weighted by Gasteiger charge is 1.98. The average molecular weight is 198 g/mol. The molecule has 0 spiro atoms. The lowest BCUT2D eigenvalue weighted by Gasteiger charge is -2.03. The third-order valence-electron chi connectivity index (χ3n) is 2.29. The van der Waals surface area contributed by atoms with Crippen molar-refractivity contribution in [1.82, 2.24) is 0 Å². The van der Waals surface area contributed by atoms with Gasteiger partial charge < -0.3 is 5.11 Å². The van der Waals surface area contributed by atoms with Gasteiger partial charge in [-0.1, -0.05) is 44.4 Å². The fourth-order valence-electron chi connectivity index (χ4n) is 1.46. The zero-order valence-electron chi connectivity index (χ0n) is 8.70. The number of para-hydroxylation sites is 1. The topological polar surface area (TPSA) is 20.2 Å². The molecular weight excluding hydrogens is 179 g/mol. The maximum atomic E-state index is 9.47. The van der Waals surface area contributed by atoms with E-state index in [1.165, 1.54) is 25.7 Å². The molecule has 2 heteroatoms. The summed E-state index contributed by atoms with van der Waals surface area (Å²) in [4.78, 5) is 0. The van der Waals surface area contributed by atoms with Gasteiger partial charge in [-0.2, -0.15) is 0 Å². The Labute approximate surface area is 85.1 Å². The van der Waals surface area contributed by atoms with E-state index in [2.05, 4.69) is 6.92 Å². The molecule has 0 saturated carbocycles. The lowest BCUT2D eigenvalue weighted by molar-refractivity contribution is 0.466. The summed E-state index contributed by atoms with van der Waals surface area (Å²) >= 11 is 0. The lowest BCUT2D eigenvalue weighted by atomic mass is 10.1. The first-order valence-corrected chi connectivity index (χ1v) is 5.11. The fraction of sp³-hybridized carbons (Fsp3) is 0.500. The smallest absolute Gasteiger partial charge is 0.118 e. The highest BCUT2D eigenvalue weighted by atomic mass is 19.0. The van der Waals surface area contributed by atoms with Crippen LogP contribution in [0.15, 0.2) is 24.3 Å². The molecule has 0 aliphatic carbocycles. The molecule has 80 valence electrons. The molecule has 14 heavy (non-hydrogen) atoms. The number of hydrogen-bond donors (Lipinski definition) is 1. The van der Waals surface area contributed by atoms with Crippen molar-refractivity contribution in [1.29, 1.82) is 0 Å². The van der Waals surface area contributed by atoms with Crippen LogP contribution in [0.4, 0.5) is 4.70 Å². The number of benzene rings is 1. The molecule has 0 aliphatic rings. The molecule has 0 radical (unpaired) electrons. The van der Waals surface area contributed by atoms with Crippen LogP contribution in [-0.2, 0) is 6.42 Å². The van der Waals surface area contributed by atoms with Crippen molar-refractivity contribution >= 4 is 0 Å². The SMILES string of the molecule is CCCCCCc1ccccc1O.F. The number of phenols is 1. The summed E-state index contributed by atoms with van der Waals surface area (Å²) in [5, 5.41) is 9.47. The zero-order valence-corrected chi connectivity index (χ0v) is 8.70. The van der Waals surface area contributed by atoms with E-state index >= 15 is 0 Å². The van der Waals surface area contributed by atoms with Gasteiger partial charge in [0, 0.05) is 0 Å². The Morgan fingerprint density at radius 3 is 2.43 bits per heavy atom. The van der Waals surface area contributed by atoms with E-state index in [-0.39, 0.29) is 4.70 Å². The van der Waals surface area contributed by atoms with E-state index in [1.807, 2.05) is 18.2 Å². The van der Waals surface area contributed by atoms with Crippen LogP contribution in [0.2, 0.25) is 0 Å². The van der Waals surface area contributed by atoms with Crippen molar-refractivity contribution in [3.05, 3.63) is 29.8 Å². The van der Waals surface area contributed by atoms with E-state index in [0.717, 1.165) is 12.0 Å². The molecule has 0 aromatic heterocycles. The predicted octanol–water partition coefficient (Wildman–Crippen LogP) is 3.67. The van der Waals surface area contributed by atoms with Crippen LogP contribution in [-0.4, -0.2) is 5.11 Å². The normalized spacial score (nSPS) is 9.50. The molecule has 0 aliphatic heterocycles. The summed E-state index contributed by atoms with van der Waals surface area (Å²) in [7, 11) is 0. The number of unbranched alkanes of at least 4 members (excludes halogenated alkanes) is 3. The van der Waals surface area contributed by atoms with E-state index in [1.54, 1.807) is 6.07 Å². The molecule has 0 saturated heterocycles. The largest absolute Gasteiger partial charge is 0.508 e. The van der Waals surface area contributed by atoms with Gasteiger partial charge in [0.1, 0.15) is 5.75 Å². The summed E-state index contributed by atoms with van der Waals surface area (Å²) in [5.41, 5.74) is 1.08. The average Bonchev–Trinajstić information content (AvgIpc) is 2.15. The molecule has 0 heterocycles. The first-order valence-electron chi connectivity index (χ1n) is 5.11. The van der Waals surface area contributed by atoms with Crippen LogP contribution in [0.1, 0.15) is 38.2 Å². The first-order chi connectivity index (χ1) is 6.34. The van der Waals surface area contributed by atoms with Crippen molar-refractivity contribution in [3.8, 4) is 5.75 Å². The number of hydrogen-bond acceptors (Lipinski definition) is 1. The van der Waals surface area contributed by atoms with Gasteiger partial charge in [0.15, 0.2) is 0 Å². The Bertz CT molecular complexity index is 248. The van der Waals surface area contributed by atoms with Crippen molar-refractivity contribution in [2.75, 3.05) is 0 Å². The number of phenolic OH excluding ortho intramolecular Hbond substituents is 1. The third-order valence-corrected chi connectivity index (χ3v) is 2.29. The summed E-state index contributed by atoms with van der Waals surface area (Å²) in [6.07, 6.45) is 6.03. The Kier molecular flexibility index (Phi) is 6.81. The van der Waals surface area contributed by atoms with Gasteiger partial charge in [0.05, 0.1) is 0 Å². The van der Waals surface area contributed by atoms with Gasteiger partial charge in [0.2, 0.25) is 0 Å². The van der Waals surface area contributed by atoms with Gasteiger partial charge in [0.25, 0.3) is 0 Å². The highest BCUT2D eigenvalue weighted by Crippen LogP contribution is 2.18. The number of rotatable bonds is 5. The van der Waals surface area contributed by atoms with E-state index in [0.29, 0.717) is 5.75 Å². The minimum absolute atomic E-state index is 0. The van der Waals surface area contributed by atoms with Crippen LogP contribution in [0, 0.1) is 0 Å². The Morgan fingerprint density at radius 1 is 1.07 bits per heavy atom. The molecule has 0 bridgehead atoms. The predicted molar refractivity (Wildman–Crippen MR) is 58.5 cm³/mol. The van der Waals surface area contributed by atoms with Gasteiger partial charge in [-0.25, -0.2) is 0 Å².